The number of rotatable bonds is 5. The maximum atomic E-state index is 10.7. The van der Waals surface area contributed by atoms with Crippen LogP contribution >= 0.6 is 0 Å². The molecule has 1 unspecified atom stereocenters. The van der Waals surface area contributed by atoms with Crippen molar-refractivity contribution in [2.45, 2.75) is 20.4 Å². The summed E-state index contributed by atoms with van der Waals surface area (Å²) >= 11 is 0. The highest BCUT2D eigenvalue weighted by atomic mass is 16.4. The molecule has 1 heterocycles. The predicted octanol–water partition coefficient (Wildman–Crippen LogP) is 1.54. The highest BCUT2D eigenvalue weighted by Gasteiger charge is 2.13. The molecule has 1 rings (SSSR count). The Morgan fingerprint density at radius 1 is 1.62 bits per heavy atom. The van der Waals surface area contributed by atoms with Crippen molar-refractivity contribution in [1.29, 1.82) is 0 Å². The Hall–Kier alpha value is -1.42. The van der Waals surface area contributed by atoms with Crippen molar-refractivity contribution in [3.8, 4) is 0 Å². The van der Waals surface area contributed by atoms with Crippen LogP contribution in [-0.4, -0.2) is 34.6 Å². The van der Waals surface area contributed by atoms with E-state index in [2.05, 4.69) is 4.98 Å². The largest absolute Gasteiger partial charge is 0.481 e. The molecule has 16 heavy (non-hydrogen) atoms. The molecule has 1 atom stereocenters. The third kappa shape index (κ3) is 3.62. The number of hydrogen-bond acceptors (Lipinski definition) is 3. The van der Waals surface area contributed by atoms with E-state index >= 15 is 0 Å². The fraction of sp³-hybridized carbons (Fsp3) is 0.500. The van der Waals surface area contributed by atoms with Gasteiger partial charge >= 0.3 is 5.97 Å². The van der Waals surface area contributed by atoms with E-state index in [0.717, 1.165) is 12.1 Å². The number of carboxylic acid groups (broad SMARTS) is 1. The maximum Gasteiger partial charge on any atom is 0.307 e. The van der Waals surface area contributed by atoms with Gasteiger partial charge in [-0.15, -0.1) is 0 Å². The molecule has 0 aliphatic rings. The molecule has 0 aliphatic carbocycles. The molecule has 1 aromatic heterocycles. The summed E-state index contributed by atoms with van der Waals surface area (Å²) < 4.78 is 0. The number of hydrogen-bond donors (Lipinski definition) is 1. The zero-order valence-electron chi connectivity index (χ0n) is 9.97. The Labute approximate surface area is 95.9 Å². The van der Waals surface area contributed by atoms with E-state index in [4.69, 9.17) is 5.11 Å². The van der Waals surface area contributed by atoms with Crippen LogP contribution in [-0.2, 0) is 11.3 Å². The van der Waals surface area contributed by atoms with E-state index in [0.29, 0.717) is 6.54 Å². The highest BCUT2D eigenvalue weighted by molar-refractivity contribution is 5.69. The Morgan fingerprint density at radius 3 is 2.88 bits per heavy atom. The molecule has 4 heteroatoms. The fourth-order valence-corrected chi connectivity index (χ4v) is 1.56. The molecule has 0 spiro atoms. The van der Waals surface area contributed by atoms with Crippen LogP contribution in [0.2, 0.25) is 0 Å². The van der Waals surface area contributed by atoms with Gasteiger partial charge in [0.2, 0.25) is 0 Å². The molecule has 4 nitrogen and oxygen atoms in total. The lowest BCUT2D eigenvalue weighted by Gasteiger charge is -2.19. The predicted molar refractivity (Wildman–Crippen MR) is 62.1 cm³/mol. The zero-order chi connectivity index (χ0) is 12.1. The number of pyridine rings is 1. The number of aryl methyl sites for hydroxylation is 1. The second kappa shape index (κ2) is 5.61. The lowest BCUT2D eigenvalue weighted by atomic mass is 10.1. The average Bonchev–Trinajstić information content (AvgIpc) is 2.21. The molecule has 1 N–H and O–H groups in total. The van der Waals surface area contributed by atoms with E-state index in [1.807, 2.05) is 31.1 Å². The molecule has 0 amide bonds. The number of carbonyl (C=O) groups is 1. The van der Waals surface area contributed by atoms with Crippen molar-refractivity contribution < 1.29 is 9.90 Å². The summed E-state index contributed by atoms with van der Waals surface area (Å²) in [6.45, 7) is 5.03. The van der Waals surface area contributed by atoms with E-state index in [9.17, 15) is 4.79 Å². The van der Waals surface area contributed by atoms with Crippen LogP contribution in [0.25, 0.3) is 0 Å². The standard InChI is InChI=1S/C12H18N2O2/c1-9-4-5-13-6-11(9)8-14(3)7-10(2)12(15)16/h4-6,10H,7-8H2,1-3H3,(H,15,16). The molecule has 0 bridgehead atoms. The molecular formula is C12H18N2O2. The van der Waals surface area contributed by atoms with Gasteiger partial charge in [-0.1, -0.05) is 6.92 Å². The number of aromatic nitrogens is 1. The van der Waals surface area contributed by atoms with E-state index in [-0.39, 0.29) is 5.92 Å². The molecule has 0 saturated carbocycles. The third-order valence-electron chi connectivity index (χ3n) is 2.59. The molecule has 88 valence electrons. The Morgan fingerprint density at radius 2 is 2.31 bits per heavy atom. The molecule has 0 aromatic carbocycles. The first-order valence-electron chi connectivity index (χ1n) is 5.31. The average molecular weight is 222 g/mol. The van der Waals surface area contributed by atoms with Crippen LogP contribution in [0.4, 0.5) is 0 Å². The number of aliphatic carboxylic acids is 1. The van der Waals surface area contributed by atoms with Crippen LogP contribution < -0.4 is 0 Å². The SMILES string of the molecule is Cc1ccncc1CN(C)CC(C)C(=O)O. The van der Waals surface area contributed by atoms with Gasteiger partial charge in [0.05, 0.1) is 5.92 Å². The Bertz CT molecular complexity index is 366. The van der Waals surface area contributed by atoms with Crippen molar-refractivity contribution in [2.24, 2.45) is 5.92 Å². The third-order valence-corrected chi connectivity index (χ3v) is 2.59. The minimum atomic E-state index is -0.755. The minimum Gasteiger partial charge on any atom is -0.481 e. The maximum absolute atomic E-state index is 10.7. The van der Waals surface area contributed by atoms with Gasteiger partial charge in [0, 0.05) is 25.5 Å². The van der Waals surface area contributed by atoms with Crippen LogP contribution in [0.3, 0.4) is 0 Å². The topological polar surface area (TPSA) is 53.4 Å². The molecular weight excluding hydrogens is 204 g/mol. The summed E-state index contributed by atoms with van der Waals surface area (Å²) in [6, 6.07) is 1.96. The summed E-state index contributed by atoms with van der Waals surface area (Å²) in [4.78, 5) is 16.8. The second-order valence-electron chi connectivity index (χ2n) is 4.24. The molecule has 0 aliphatic heterocycles. The monoisotopic (exact) mass is 222 g/mol. The quantitative estimate of drug-likeness (QED) is 0.821. The summed E-state index contributed by atoms with van der Waals surface area (Å²) in [5.41, 5.74) is 2.33. The fourth-order valence-electron chi connectivity index (χ4n) is 1.56. The molecule has 1 aromatic rings. The summed E-state index contributed by atoms with van der Waals surface area (Å²) in [6.07, 6.45) is 3.59. The second-order valence-corrected chi connectivity index (χ2v) is 4.24. The first-order valence-corrected chi connectivity index (χ1v) is 5.31. The van der Waals surface area contributed by atoms with Gasteiger partial charge in [-0.2, -0.15) is 0 Å². The van der Waals surface area contributed by atoms with Gasteiger partial charge in [0.25, 0.3) is 0 Å². The number of carboxylic acids is 1. The van der Waals surface area contributed by atoms with E-state index in [1.165, 1.54) is 5.56 Å². The van der Waals surface area contributed by atoms with Gasteiger partial charge in [0.15, 0.2) is 0 Å². The first-order chi connectivity index (χ1) is 7.50. The summed E-state index contributed by atoms with van der Waals surface area (Å²) in [5, 5.41) is 8.81. The van der Waals surface area contributed by atoms with Gasteiger partial charge in [0.1, 0.15) is 0 Å². The van der Waals surface area contributed by atoms with Gasteiger partial charge in [-0.05, 0) is 31.2 Å². The Balaban J connectivity index is 2.55. The van der Waals surface area contributed by atoms with E-state index in [1.54, 1.807) is 13.1 Å². The number of nitrogens with zero attached hydrogens (tertiary/aromatic N) is 2. The van der Waals surface area contributed by atoms with Crippen molar-refractivity contribution in [3.63, 3.8) is 0 Å². The van der Waals surface area contributed by atoms with E-state index < -0.39 is 5.97 Å². The summed E-state index contributed by atoms with van der Waals surface area (Å²) in [5.74, 6) is -1.10. The zero-order valence-corrected chi connectivity index (χ0v) is 9.97. The van der Waals surface area contributed by atoms with Crippen LogP contribution in [0, 0.1) is 12.8 Å². The molecule has 0 fully saturated rings. The van der Waals surface area contributed by atoms with Crippen molar-refractivity contribution in [1.82, 2.24) is 9.88 Å². The van der Waals surface area contributed by atoms with Crippen molar-refractivity contribution in [2.75, 3.05) is 13.6 Å². The van der Waals surface area contributed by atoms with Crippen molar-refractivity contribution >= 4 is 5.97 Å². The van der Waals surface area contributed by atoms with Crippen LogP contribution in [0.1, 0.15) is 18.1 Å². The van der Waals surface area contributed by atoms with Crippen LogP contribution in [0.5, 0.6) is 0 Å². The normalized spacial score (nSPS) is 12.8. The highest BCUT2D eigenvalue weighted by Crippen LogP contribution is 2.09. The lowest BCUT2D eigenvalue weighted by molar-refractivity contribution is -0.141. The molecule has 0 saturated heterocycles. The minimum absolute atomic E-state index is 0.345. The van der Waals surface area contributed by atoms with Crippen molar-refractivity contribution in [3.05, 3.63) is 29.6 Å². The van der Waals surface area contributed by atoms with Gasteiger partial charge in [-0.25, -0.2) is 0 Å². The lowest BCUT2D eigenvalue weighted by Crippen LogP contribution is -2.28. The molecule has 0 radical (unpaired) electrons. The smallest absolute Gasteiger partial charge is 0.307 e. The van der Waals surface area contributed by atoms with Gasteiger partial charge < -0.3 is 10.0 Å². The Kier molecular flexibility index (Phi) is 4.43. The first kappa shape index (κ1) is 12.6. The van der Waals surface area contributed by atoms with Crippen LogP contribution in [0.15, 0.2) is 18.5 Å². The summed E-state index contributed by atoms with van der Waals surface area (Å²) in [7, 11) is 1.92. The van der Waals surface area contributed by atoms with Gasteiger partial charge in [-0.3, -0.25) is 9.78 Å².